The first kappa shape index (κ1) is 31.6. The van der Waals surface area contributed by atoms with E-state index in [-0.39, 0.29) is 30.1 Å². The second-order valence-corrected chi connectivity index (χ2v) is 9.94. The number of aromatic nitrogens is 3. The van der Waals surface area contributed by atoms with Crippen LogP contribution in [0.3, 0.4) is 0 Å². The van der Waals surface area contributed by atoms with Gasteiger partial charge in [-0.15, -0.1) is 0 Å². The largest absolute Gasteiger partial charge is 0.480 e. The van der Waals surface area contributed by atoms with E-state index < -0.39 is 83.5 Å². The Bertz CT molecular complexity index is 1730. The van der Waals surface area contributed by atoms with Crippen molar-refractivity contribution >= 4 is 23.2 Å². The number of carbonyl (C=O) groups is 2. The zero-order chi connectivity index (χ0) is 32.7. The molecular formula is C28H21F8N5O4. The van der Waals surface area contributed by atoms with Crippen molar-refractivity contribution in [3.8, 4) is 11.3 Å². The van der Waals surface area contributed by atoms with E-state index in [1.807, 2.05) is 5.32 Å². The summed E-state index contributed by atoms with van der Waals surface area (Å²) in [6.45, 7) is -1.25. The molecule has 1 saturated heterocycles. The number of aliphatic carboxylic acids is 1. The summed E-state index contributed by atoms with van der Waals surface area (Å²) in [6.07, 6.45) is -6.29. The molecule has 1 unspecified atom stereocenters. The van der Waals surface area contributed by atoms with E-state index in [2.05, 4.69) is 9.97 Å². The van der Waals surface area contributed by atoms with Gasteiger partial charge in [-0.3, -0.25) is 9.78 Å². The number of halogens is 8. The highest BCUT2D eigenvalue weighted by atomic mass is 19.4. The number of ether oxygens (including phenoxy) is 1. The highest BCUT2D eigenvalue weighted by Crippen LogP contribution is 2.37. The lowest BCUT2D eigenvalue weighted by molar-refractivity contribution is -0.167. The van der Waals surface area contributed by atoms with Crippen molar-refractivity contribution in [1.82, 2.24) is 19.7 Å². The fourth-order valence-corrected chi connectivity index (χ4v) is 5.03. The van der Waals surface area contributed by atoms with Crippen molar-refractivity contribution in [3.05, 3.63) is 83.4 Å². The third-order valence-electron chi connectivity index (χ3n) is 7.11. The minimum absolute atomic E-state index is 0.0138. The lowest BCUT2D eigenvalue weighted by Crippen LogP contribution is -2.53. The predicted molar refractivity (Wildman–Crippen MR) is 140 cm³/mol. The molecule has 238 valence electrons. The predicted octanol–water partition coefficient (Wildman–Crippen LogP) is 4.89. The Labute approximate surface area is 248 Å². The monoisotopic (exact) mass is 643 g/mol. The molecule has 0 spiro atoms. The molecule has 1 aromatic carbocycles. The van der Waals surface area contributed by atoms with Crippen molar-refractivity contribution in [1.29, 1.82) is 0 Å². The van der Waals surface area contributed by atoms with Crippen molar-refractivity contribution in [2.24, 2.45) is 0 Å². The molecule has 4 heterocycles. The number of carbonyl (C=O) groups excluding carboxylic acids is 1. The molecular weight excluding hydrogens is 622 g/mol. The Kier molecular flexibility index (Phi) is 8.39. The summed E-state index contributed by atoms with van der Waals surface area (Å²) in [5.74, 6) is -6.18. The third-order valence-corrected chi connectivity index (χ3v) is 7.11. The molecule has 2 atom stereocenters. The number of nitrogens with zero attached hydrogens (tertiary/aromatic N) is 4. The van der Waals surface area contributed by atoms with Gasteiger partial charge in [0.05, 0.1) is 24.5 Å². The number of benzene rings is 1. The maximum absolute atomic E-state index is 15.0. The van der Waals surface area contributed by atoms with Crippen LogP contribution in [-0.4, -0.2) is 69.4 Å². The average Bonchev–Trinajstić information content (AvgIpc) is 3.46. The molecule has 1 aliphatic heterocycles. The number of pyridine rings is 2. The van der Waals surface area contributed by atoms with Crippen molar-refractivity contribution in [3.63, 3.8) is 0 Å². The fourth-order valence-electron chi connectivity index (χ4n) is 5.03. The molecule has 17 heteroatoms. The number of rotatable bonds is 7. The van der Waals surface area contributed by atoms with Gasteiger partial charge < -0.3 is 24.5 Å². The van der Waals surface area contributed by atoms with Gasteiger partial charge in [0.15, 0.2) is 0 Å². The van der Waals surface area contributed by atoms with Crippen LogP contribution in [-0.2, 0) is 22.1 Å². The summed E-state index contributed by atoms with van der Waals surface area (Å²) in [4.78, 5) is 33.6. The Hall–Kier alpha value is -4.80. The van der Waals surface area contributed by atoms with E-state index in [9.17, 15) is 41.0 Å². The number of alkyl halides is 6. The second-order valence-electron chi connectivity index (χ2n) is 9.94. The first-order valence-electron chi connectivity index (χ1n) is 13.1. The number of hydrogen-bond donors (Lipinski definition) is 2. The Morgan fingerprint density at radius 1 is 1.04 bits per heavy atom. The number of morpholine rings is 1. The number of carboxylic acids is 1. The molecule has 3 aromatic heterocycles. The summed E-state index contributed by atoms with van der Waals surface area (Å²) in [5.41, 5.74) is -3.07. The number of anilines is 1. The maximum Gasteiger partial charge on any atom is 0.418 e. The molecule has 0 radical (unpaired) electrons. The molecule has 4 aromatic rings. The number of fused-ring (bicyclic) bond motifs is 1. The zero-order valence-electron chi connectivity index (χ0n) is 22.7. The summed E-state index contributed by atoms with van der Waals surface area (Å²) in [6, 6.07) is 1.57. The van der Waals surface area contributed by atoms with Crippen LogP contribution >= 0.6 is 0 Å². The molecule has 9 nitrogen and oxygen atoms in total. The molecule has 45 heavy (non-hydrogen) atoms. The van der Waals surface area contributed by atoms with Gasteiger partial charge in [0.25, 0.3) is 5.91 Å². The number of amides is 1. The van der Waals surface area contributed by atoms with Crippen LogP contribution in [0.4, 0.5) is 40.8 Å². The van der Waals surface area contributed by atoms with E-state index in [0.717, 1.165) is 18.3 Å². The normalized spacial score (nSPS) is 16.5. The van der Waals surface area contributed by atoms with Gasteiger partial charge in [-0.1, -0.05) is 0 Å². The van der Waals surface area contributed by atoms with Crippen molar-refractivity contribution < 1.29 is 54.6 Å². The van der Waals surface area contributed by atoms with Gasteiger partial charge in [-0.25, -0.2) is 18.6 Å². The topological polar surface area (TPSA) is 109 Å². The second kappa shape index (κ2) is 11.9. The summed E-state index contributed by atoms with van der Waals surface area (Å²) >= 11 is 0. The van der Waals surface area contributed by atoms with Crippen molar-refractivity contribution in [2.75, 3.05) is 24.7 Å². The van der Waals surface area contributed by atoms with E-state index >= 15 is 8.78 Å². The first-order valence-corrected chi connectivity index (χ1v) is 13.1. The quantitative estimate of drug-likeness (QED) is 0.276. The number of nitrogens with one attached hydrogen (secondary N) is 1. The summed E-state index contributed by atoms with van der Waals surface area (Å²) in [7, 11) is 0. The van der Waals surface area contributed by atoms with E-state index in [4.69, 9.17) is 4.74 Å². The standard InChI is InChI=1S/C28H21F8N5O4/c29-18-10-15(40-8-9-45-13-21(40)28(34,35)36)11-19(30)22(18)25(42)39-20(26(43)44)12-14-3-4-16(24-38-6-7-41(14)24)23-17(27(31,32)33)2-1-5-37-23/h1-7,10-11,20-21H,8-9,12-13H2,(H,39,42)(H,43,44)/t20?,21-/m1/s1. The van der Waals surface area contributed by atoms with Crippen LogP contribution < -0.4 is 10.2 Å². The molecule has 1 aliphatic rings. The Morgan fingerprint density at radius 3 is 2.40 bits per heavy atom. The lowest BCUT2D eigenvalue weighted by atomic mass is 10.0. The smallest absolute Gasteiger partial charge is 0.418 e. The third kappa shape index (κ3) is 6.38. The van der Waals surface area contributed by atoms with E-state index in [1.54, 1.807) is 0 Å². The van der Waals surface area contributed by atoms with Crippen LogP contribution in [0.2, 0.25) is 0 Å². The van der Waals surface area contributed by atoms with Gasteiger partial charge in [-0.2, -0.15) is 26.3 Å². The zero-order valence-corrected chi connectivity index (χ0v) is 22.7. The maximum atomic E-state index is 15.0. The Balaban J connectivity index is 1.41. The number of hydrogen-bond acceptors (Lipinski definition) is 6. The number of carboxylic acid groups (broad SMARTS) is 1. The van der Waals surface area contributed by atoms with Crippen LogP contribution in [0.5, 0.6) is 0 Å². The van der Waals surface area contributed by atoms with Gasteiger partial charge in [0.2, 0.25) is 0 Å². The number of imidazole rings is 1. The van der Waals surface area contributed by atoms with Crippen LogP contribution in [0.15, 0.2) is 55.0 Å². The minimum atomic E-state index is -4.78. The summed E-state index contributed by atoms with van der Waals surface area (Å²) in [5, 5.41) is 11.8. The summed E-state index contributed by atoms with van der Waals surface area (Å²) < 4.78 is 117. The van der Waals surface area contributed by atoms with Gasteiger partial charge in [0.1, 0.15) is 34.9 Å². The average molecular weight is 643 g/mol. The van der Waals surface area contributed by atoms with Crippen LogP contribution in [0, 0.1) is 11.6 Å². The molecule has 1 amide bonds. The van der Waals surface area contributed by atoms with Crippen LogP contribution in [0.25, 0.3) is 16.9 Å². The molecule has 0 saturated carbocycles. The van der Waals surface area contributed by atoms with Crippen molar-refractivity contribution in [2.45, 2.75) is 30.9 Å². The highest BCUT2D eigenvalue weighted by molar-refractivity contribution is 5.97. The van der Waals surface area contributed by atoms with Crippen LogP contribution in [0.1, 0.15) is 21.6 Å². The molecule has 0 bridgehead atoms. The first-order chi connectivity index (χ1) is 21.2. The highest BCUT2D eigenvalue weighted by Gasteiger charge is 2.46. The molecule has 1 fully saturated rings. The molecule has 2 N–H and O–H groups in total. The SMILES string of the molecule is O=C(NC(Cc1ccc(-c2ncccc2C(F)(F)F)c2nccn12)C(=O)O)c1c(F)cc(N2CCOC[C@@H]2C(F)(F)F)cc1F. The van der Waals surface area contributed by atoms with Gasteiger partial charge in [-0.05, 0) is 36.4 Å². The molecule has 0 aliphatic carbocycles. The van der Waals surface area contributed by atoms with E-state index in [1.165, 1.54) is 28.9 Å². The van der Waals surface area contributed by atoms with Gasteiger partial charge in [0, 0.05) is 48.5 Å². The lowest BCUT2D eigenvalue weighted by Gasteiger charge is -2.38. The Morgan fingerprint density at radius 2 is 1.76 bits per heavy atom. The minimum Gasteiger partial charge on any atom is -0.480 e. The van der Waals surface area contributed by atoms with Gasteiger partial charge >= 0.3 is 18.3 Å². The molecule has 5 rings (SSSR count). The van der Waals surface area contributed by atoms with E-state index in [0.29, 0.717) is 17.0 Å². The fraction of sp³-hybridized carbons (Fsp3) is 0.286.